The molecule has 0 spiro atoms. The lowest BCUT2D eigenvalue weighted by molar-refractivity contribution is -0.142. The van der Waals surface area contributed by atoms with E-state index in [2.05, 4.69) is 21.3 Å². The highest BCUT2D eigenvalue weighted by atomic mass is 16.5. The SMILES string of the molecule is CC(C)C[C@@H]1NC(=O)[C@@H](C)NC(=O)[C@@H](NC(=O)c2cn(C)c3ccccc23)Cc2ccc(cc2)OCCNC(=O)[C@H]2CCCN2C1=O. The highest BCUT2D eigenvalue weighted by molar-refractivity contribution is 6.08. The topological polar surface area (TPSA) is 151 Å². The van der Waals surface area contributed by atoms with Crippen molar-refractivity contribution in [1.29, 1.82) is 0 Å². The van der Waals surface area contributed by atoms with Gasteiger partial charge in [0.15, 0.2) is 0 Å². The Bertz CT molecular complexity index is 1630. The lowest BCUT2D eigenvalue weighted by Gasteiger charge is -2.30. The van der Waals surface area contributed by atoms with Crippen molar-refractivity contribution in [1.82, 2.24) is 30.7 Å². The Hall–Kier alpha value is -4.87. The number of carbonyl (C=O) groups is 5. The van der Waals surface area contributed by atoms with E-state index in [1.54, 1.807) is 23.2 Å². The quantitative estimate of drug-likeness (QED) is 0.342. The van der Waals surface area contributed by atoms with Gasteiger partial charge < -0.3 is 35.5 Å². The molecule has 3 aliphatic heterocycles. The normalized spacial score (nSPS) is 23.1. The molecule has 0 saturated carbocycles. The van der Waals surface area contributed by atoms with Crippen molar-refractivity contribution in [2.75, 3.05) is 19.7 Å². The van der Waals surface area contributed by atoms with Gasteiger partial charge in [0, 0.05) is 37.1 Å². The summed E-state index contributed by atoms with van der Waals surface area (Å²) < 4.78 is 7.68. The fourth-order valence-corrected chi connectivity index (χ4v) is 6.26. The molecule has 12 nitrogen and oxygen atoms in total. The second-order valence-electron chi connectivity index (χ2n) is 12.8. The van der Waals surface area contributed by atoms with Gasteiger partial charge >= 0.3 is 0 Å². The lowest BCUT2D eigenvalue weighted by atomic mass is 10.0. The van der Waals surface area contributed by atoms with Crippen LogP contribution in [-0.4, -0.2) is 82.9 Å². The minimum atomic E-state index is -1.01. The summed E-state index contributed by atoms with van der Waals surface area (Å²) in [6.07, 6.45) is 3.44. The minimum Gasteiger partial charge on any atom is -0.492 e. The number of hydrogen-bond donors (Lipinski definition) is 4. The third-order valence-electron chi connectivity index (χ3n) is 8.71. The number of aryl methyl sites for hydroxylation is 1. The van der Waals surface area contributed by atoms with Gasteiger partial charge in [-0.25, -0.2) is 0 Å². The van der Waals surface area contributed by atoms with Gasteiger partial charge in [-0.2, -0.15) is 0 Å². The number of rotatable bonds is 4. The number of ether oxygens (including phenoxy) is 1. The Morgan fingerprint density at radius 3 is 2.49 bits per heavy atom. The highest BCUT2D eigenvalue weighted by Gasteiger charge is 2.38. The van der Waals surface area contributed by atoms with Crippen LogP contribution >= 0.6 is 0 Å². The first-order chi connectivity index (χ1) is 22.5. The van der Waals surface area contributed by atoms with E-state index in [4.69, 9.17) is 4.74 Å². The first-order valence-corrected chi connectivity index (χ1v) is 16.3. The average Bonchev–Trinajstić information content (AvgIpc) is 3.67. The van der Waals surface area contributed by atoms with Crippen LogP contribution in [0.5, 0.6) is 5.75 Å². The molecule has 2 aromatic carbocycles. The van der Waals surface area contributed by atoms with Gasteiger partial charge in [0.25, 0.3) is 5.91 Å². The molecule has 4 atom stereocenters. The van der Waals surface area contributed by atoms with Gasteiger partial charge in [0.05, 0.1) is 12.1 Å². The standard InChI is InChI=1S/C35H44N6O6/c1-21(2)18-28-35(46)41-16-7-10-30(41)34(45)36-15-17-47-24-13-11-23(12-14-24)19-27(33(44)37-22(3)31(42)39-28)38-32(43)26-20-40(4)29-9-6-5-8-25(26)29/h5-6,8-9,11-14,20-22,27-28,30H,7,10,15-19H2,1-4H3,(H,36,45)(H,37,44)(H,38,43)(H,39,42)/t22-,27+,28+,30-/m1/s1. The Kier molecular flexibility index (Phi) is 10.5. The summed E-state index contributed by atoms with van der Waals surface area (Å²) in [7, 11) is 1.85. The molecule has 2 bridgehead atoms. The number of hydrogen-bond acceptors (Lipinski definition) is 6. The second-order valence-corrected chi connectivity index (χ2v) is 12.8. The molecule has 3 aromatic rings. The maximum atomic E-state index is 13.7. The fourth-order valence-electron chi connectivity index (χ4n) is 6.26. The molecule has 1 fully saturated rings. The van der Waals surface area contributed by atoms with E-state index in [1.807, 2.05) is 61.9 Å². The lowest BCUT2D eigenvalue weighted by Crippen LogP contribution is -2.58. The second kappa shape index (κ2) is 14.7. The van der Waals surface area contributed by atoms with E-state index in [9.17, 15) is 24.0 Å². The largest absolute Gasteiger partial charge is 0.492 e. The summed E-state index contributed by atoms with van der Waals surface area (Å²) in [6.45, 7) is 6.33. The average molecular weight is 645 g/mol. The molecule has 4 N–H and O–H groups in total. The Balaban J connectivity index is 1.41. The summed E-state index contributed by atoms with van der Waals surface area (Å²) >= 11 is 0. The van der Waals surface area contributed by atoms with Gasteiger partial charge in [0.1, 0.15) is 36.5 Å². The molecule has 6 rings (SSSR count). The van der Waals surface area contributed by atoms with E-state index in [0.717, 1.165) is 16.5 Å². The maximum absolute atomic E-state index is 13.7. The molecule has 3 aliphatic rings. The molecule has 1 saturated heterocycles. The van der Waals surface area contributed by atoms with Crippen LogP contribution < -0.4 is 26.0 Å². The molecule has 0 aliphatic carbocycles. The summed E-state index contributed by atoms with van der Waals surface area (Å²) in [5.74, 6) is -1.42. The van der Waals surface area contributed by atoms with Crippen molar-refractivity contribution >= 4 is 40.4 Å². The van der Waals surface area contributed by atoms with Crippen molar-refractivity contribution in [3.05, 3.63) is 65.9 Å². The summed E-state index contributed by atoms with van der Waals surface area (Å²) in [5, 5.41) is 12.1. The number of amides is 5. The summed E-state index contributed by atoms with van der Waals surface area (Å²) in [4.78, 5) is 69.1. The number of nitrogens with zero attached hydrogens (tertiary/aromatic N) is 2. The molecule has 0 unspecified atom stereocenters. The van der Waals surface area contributed by atoms with Crippen LogP contribution in [0, 0.1) is 5.92 Å². The number of para-hydroxylation sites is 1. The van der Waals surface area contributed by atoms with Gasteiger partial charge in [-0.1, -0.05) is 44.2 Å². The number of carbonyl (C=O) groups excluding carboxylic acids is 5. The van der Waals surface area contributed by atoms with E-state index in [-0.39, 0.29) is 37.3 Å². The number of fused-ring (bicyclic) bond motifs is 15. The monoisotopic (exact) mass is 644 g/mol. The summed E-state index contributed by atoms with van der Waals surface area (Å²) in [6, 6.07) is 11.1. The molecule has 1 aromatic heterocycles. The van der Waals surface area contributed by atoms with Crippen molar-refractivity contribution < 1.29 is 28.7 Å². The predicted molar refractivity (Wildman–Crippen MR) is 177 cm³/mol. The van der Waals surface area contributed by atoms with Crippen LogP contribution in [-0.2, 0) is 32.6 Å². The molecule has 47 heavy (non-hydrogen) atoms. The molecular formula is C35H44N6O6. The van der Waals surface area contributed by atoms with Gasteiger partial charge in [0.2, 0.25) is 23.6 Å². The van der Waals surface area contributed by atoms with E-state index in [1.165, 1.54) is 6.92 Å². The van der Waals surface area contributed by atoms with Crippen LogP contribution in [0.25, 0.3) is 10.9 Å². The van der Waals surface area contributed by atoms with Crippen LogP contribution in [0.3, 0.4) is 0 Å². The van der Waals surface area contributed by atoms with Crippen molar-refractivity contribution in [2.45, 2.75) is 70.6 Å². The van der Waals surface area contributed by atoms with Crippen molar-refractivity contribution in [2.24, 2.45) is 13.0 Å². The maximum Gasteiger partial charge on any atom is 0.254 e. The van der Waals surface area contributed by atoms with Gasteiger partial charge in [-0.3, -0.25) is 24.0 Å². The number of aromatic nitrogens is 1. The first kappa shape index (κ1) is 33.5. The third kappa shape index (κ3) is 7.93. The Labute approximate surface area is 274 Å². The van der Waals surface area contributed by atoms with Crippen LogP contribution in [0.4, 0.5) is 0 Å². The van der Waals surface area contributed by atoms with Crippen molar-refractivity contribution in [3.8, 4) is 5.75 Å². The predicted octanol–water partition coefficient (Wildman–Crippen LogP) is 2.05. The molecule has 0 radical (unpaired) electrons. The fraction of sp³-hybridized carbons (Fsp3) is 0.457. The van der Waals surface area contributed by atoms with Gasteiger partial charge in [-0.15, -0.1) is 0 Å². The minimum absolute atomic E-state index is 0.0754. The first-order valence-electron chi connectivity index (χ1n) is 16.3. The van der Waals surface area contributed by atoms with E-state index < -0.39 is 41.9 Å². The van der Waals surface area contributed by atoms with Crippen LogP contribution in [0.1, 0.15) is 56.0 Å². The molecule has 250 valence electrons. The van der Waals surface area contributed by atoms with Crippen LogP contribution in [0.15, 0.2) is 54.7 Å². The summed E-state index contributed by atoms with van der Waals surface area (Å²) in [5.41, 5.74) is 2.07. The molecule has 5 amide bonds. The van der Waals surface area contributed by atoms with Crippen molar-refractivity contribution in [3.63, 3.8) is 0 Å². The Morgan fingerprint density at radius 1 is 1.00 bits per heavy atom. The molecule has 4 heterocycles. The molecule has 12 heteroatoms. The van der Waals surface area contributed by atoms with E-state index in [0.29, 0.717) is 37.1 Å². The zero-order valence-corrected chi connectivity index (χ0v) is 27.4. The zero-order valence-electron chi connectivity index (χ0n) is 27.4. The molecular weight excluding hydrogens is 600 g/mol. The number of nitrogens with one attached hydrogen (secondary N) is 4. The van der Waals surface area contributed by atoms with Crippen LogP contribution in [0.2, 0.25) is 0 Å². The van der Waals surface area contributed by atoms with Gasteiger partial charge in [-0.05, 0) is 55.9 Å². The smallest absolute Gasteiger partial charge is 0.254 e. The third-order valence-corrected chi connectivity index (χ3v) is 8.71. The Morgan fingerprint density at radius 2 is 1.74 bits per heavy atom. The zero-order chi connectivity index (χ0) is 33.7. The van der Waals surface area contributed by atoms with E-state index >= 15 is 0 Å². The highest BCUT2D eigenvalue weighted by Crippen LogP contribution is 2.22. The number of benzene rings is 2.